The van der Waals surface area contributed by atoms with Crippen molar-refractivity contribution in [1.82, 2.24) is 9.47 Å². The third kappa shape index (κ3) is 3.49. The molecule has 2 aromatic rings. The van der Waals surface area contributed by atoms with Crippen LogP contribution >= 0.6 is 11.8 Å². The highest BCUT2D eigenvalue weighted by Crippen LogP contribution is 2.35. The minimum Gasteiger partial charge on any atom is -0.464 e. The first-order valence-corrected chi connectivity index (χ1v) is 9.24. The summed E-state index contributed by atoms with van der Waals surface area (Å²) in [5.41, 5.74) is 1.73. The van der Waals surface area contributed by atoms with Crippen LogP contribution in [-0.4, -0.2) is 39.2 Å². The fourth-order valence-electron chi connectivity index (χ4n) is 2.94. The van der Waals surface area contributed by atoms with Gasteiger partial charge in [-0.25, -0.2) is 4.79 Å². The maximum Gasteiger partial charge on any atom is 0.329 e. The number of para-hydroxylation sites is 1. The lowest BCUT2D eigenvalue weighted by molar-refractivity contribution is -0.150. The van der Waals surface area contributed by atoms with Crippen LogP contribution in [0.25, 0.3) is 17.0 Å². The van der Waals surface area contributed by atoms with Gasteiger partial charge in [-0.1, -0.05) is 24.1 Å². The fraction of sp³-hybridized carbons (Fsp3) is 0.250. The van der Waals surface area contributed by atoms with Crippen molar-refractivity contribution in [3.8, 4) is 12.3 Å². The molecule has 2 heterocycles. The van der Waals surface area contributed by atoms with Crippen LogP contribution in [0.2, 0.25) is 0 Å². The second-order valence-corrected chi connectivity index (χ2v) is 6.91. The molecule has 1 aromatic carbocycles. The number of imide groups is 1. The van der Waals surface area contributed by atoms with E-state index in [4.69, 9.17) is 11.2 Å². The van der Waals surface area contributed by atoms with Crippen LogP contribution < -0.4 is 0 Å². The molecule has 0 bridgehead atoms. The van der Waals surface area contributed by atoms with Crippen molar-refractivity contribution in [2.75, 3.05) is 6.61 Å². The Balaban J connectivity index is 1.96. The van der Waals surface area contributed by atoms with Gasteiger partial charge in [0.2, 0.25) is 0 Å². The Morgan fingerprint density at radius 1 is 1.37 bits per heavy atom. The number of aromatic nitrogens is 1. The van der Waals surface area contributed by atoms with Crippen LogP contribution in [0.3, 0.4) is 0 Å². The quantitative estimate of drug-likeness (QED) is 0.451. The number of esters is 1. The number of carbonyl (C=O) groups excluding carboxylic acids is 3. The molecule has 0 unspecified atom stereocenters. The molecule has 1 atom stereocenters. The molecule has 0 spiro atoms. The number of benzene rings is 1. The van der Waals surface area contributed by atoms with E-state index in [0.29, 0.717) is 6.54 Å². The number of fused-ring (bicyclic) bond motifs is 1. The first kappa shape index (κ1) is 18.8. The van der Waals surface area contributed by atoms with Crippen LogP contribution in [0.15, 0.2) is 35.4 Å². The maximum absolute atomic E-state index is 12.7. The highest BCUT2D eigenvalue weighted by atomic mass is 32.2. The number of rotatable bonds is 5. The first-order chi connectivity index (χ1) is 13.0. The van der Waals surface area contributed by atoms with Gasteiger partial charge in [-0.15, -0.1) is 6.42 Å². The third-order valence-electron chi connectivity index (χ3n) is 4.21. The molecule has 2 amide bonds. The number of hydrogen-bond acceptors (Lipinski definition) is 5. The zero-order chi connectivity index (χ0) is 19.6. The van der Waals surface area contributed by atoms with Crippen LogP contribution in [0.5, 0.6) is 0 Å². The zero-order valence-corrected chi connectivity index (χ0v) is 15.8. The molecule has 0 aliphatic carbocycles. The van der Waals surface area contributed by atoms with E-state index in [1.165, 1.54) is 6.92 Å². The third-order valence-corrected chi connectivity index (χ3v) is 5.09. The monoisotopic (exact) mass is 382 g/mol. The smallest absolute Gasteiger partial charge is 0.329 e. The predicted octanol–water partition coefficient (Wildman–Crippen LogP) is 3.26. The lowest BCUT2D eigenvalue weighted by atomic mass is 10.1. The van der Waals surface area contributed by atoms with E-state index < -0.39 is 23.2 Å². The minimum atomic E-state index is -0.967. The minimum absolute atomic E-state index is 0.184. The van der Waals surface area contributed by atoms with E-state index in [2.05, 4.69) is 5.92 Å². The molecule has 138 valence electrons. The van der Waals surface area contributed by atoms with Gasteiger partial charge in [0, 0.05) is 22.7 Å². The van der Waals surface area contributed by atoms with Gasteiger partial charge in [0.05, 0.1) is 18.1 Å². The van der Waals surface area contributed by atoms with E-state index in [-0.39, 0.29) is 11.5 Å². The molecule has 6 nitrogen and oxygen atoms in total. The van der Waals surface area contributed by atoms with Crippen molar-refractivity contribution in [3.05, 3.63) is 40.9 Å². The van der Waals surface area contributed by atoms with E-state index in [1.54, 1.807) is 13.0 Å². The molecular weight excluding hydrogens is 364 g/mol. The van der Waals surface area contributed by atoms with E-state index >= 15 is 0 Å². The molecular formula is C20H18N2O4S. The summed E-state index contributed by atoms with van der Waals surface area (Å²) in [4.78, 5) is 38.1. The van der Waals surface area contributed by atoms with E-state index in [9.17, 15) is 14.4 Å². The maximum atomic E-state index is 12.7. The van der Waals surface area contributed by atoms with Crippen LogP contribution in [0.1, 0.15) is 19.4 Å². The van der Waals surface area contributed by atoms with E-state index in [0.717, 1.165) is 33.1 Å². The van der Waals surface area contributed by atoms with Gasteiger partial charge in [0.25, 0.3) is 11.1 Å². The Labute approximate surface area is 161 Å². The lowest BCUT2D eigenvalue weighted by Crippen LogP contribution is -2.42. The molecule has 1 saturated heterocycles. The fourth-order valence-corrected chi connectivity index (χ4v) is 3.84. The number of ether oxygens (including phenoxy) is 1. The molecule has 1 aliphatic rings. The van der Waals surface area contributed by atoms with Crippen molar-refractivity contribution in [3.63, 3.8) is 0 Å². The molecule has 27 heavy (non-hydrogen) atoms. The molecule has 1 aromatic heterocycles. The Morgan fingerprint density at radius 2 is 2.11 bits per heavy atom. The number of thioether (sulfide) groups is 1. The summed E-state index contributed by atoms with van der Waals surface area (Å²) in [6.07, 6.45) is 8.95. The highest BCUT2D eigenvalue weighted by Gasteiger charge is 2.41. The average molecular weight is 382 g/mol. The van der Waals surface area contributed by atoms with Gasteiger partial charge in [0.15, 0.2) is 0 Å². The van der Waals surface area contributed by atoms with Gasteiger partial charge in [0.1, 0.15) is 6.04 Å². The van der Waals surface area contributed by atoms with Crippen LogP contribution in [0, 0.1) is 12.3 Å². The van der Waals surface area contributed by atoms with Gasteiger partial charge in [-0.3, -0.25) is 14.5 Å². The van der Waals surface area contributed by atoms with Crippen molar-refractivity contribution in [2.24, 2.45) is 0 Å². The lowest BCUT2D eigenvalue weighted by Gasteiger charge is -2.19. The molecule has 0 saturated carbocycles. The van der Waals surface area contributed by atoms with Crippen molar-refractivity contribution >= 4 is 45.9 Å². The van der Waals surface area contributed by atoms with Crippen molar-refractivity contribution < 1.29 is 19.1 Å². The number of terminal acetylenes is 1. The van der Waals surface area contributed by atoms with Crippen LogP contribution in [-0.2, 0) is 20.9 Å². The summed E-state index contributed by atoms with van der Waals surface area (Å²) in [7, 11) is 0. The Morgan fingerprint density at radius 3 is 2.81 bits per heavy atom. The summed E-state index contributed by atoms with van der Waals surface area (Å²) < 4.78 is 6.83. The van der Waals surface area contributed by atoms with Gasteiger partial charge < -0.3 is 9.30 Å². The van der Waals surface area contributed by atoms with E-state index in [1.807, 2.05) is 35.0 Å². The number of amides is 2. The van der Waals surface area contributed by atoms with Gasteiger partial charge in [-0.2, -0.15) is 0 Å². The predicted molar refractivity (Wildman–Crippen MR) is 105 cm³/mol. The second-order valence-electron chi connectivity index (χ2n) is 5.91. The van der Waals surface area contributed by atoms with Gasteiger partial charge >= 0.3 is 5.97 Å². The number of carbonyl (C=O) groups is 3. The summed E-state index contributed by atoms with van der Waals surface area (Å²) >= 11 is 0.813. The molecule has 3 rings (SSSR count). The highest BCUT2D eigenvalue weighted by molar-refractivity contribution is 8.18. The Bertz CT molecular complexity index is 999. The SMILES string of the molecule is C#CCn1cc(/C=C2\SC(=O)N([C@H](C)C(=O)OCC)C2=O)c2ccccc21. The first-order valence-electron chi connectivity index (χ1n) is 8.43. The largest absolute Gasteiger partial charge is 0.464 e. The average Bonchev–Trinajstić information content (AvgIpc) is 3.13. The molecule has 0 N–H and O–H groups in total. The number of nitrogens with zero attached hydrogens (tertiary/aromatic N) is 2. The van der Waals surface area contributed by atoms with Crippen molar-refractivity contribution in [2.45, 2.75) is 26.4 Å². The molecule has 7 heteroatoms. The summed E-state index contributed by atoms with van der Waals surface area (Å²) in [5.74, 6) is 1.50. The number of hydrogen-bond donors (Lipinski definition) is 0. The second kappa shape index (κ2) is 7.72. The Hall–Kier alpha value is -2.98. The summed E-state index contributed by atoms with van der Waals surface area (Å²) in [6, 6.07) is 6.71. The summed E-state index contributed by atoms with van der Waals surface area (Å²) in [6.45, 7) is 3.74. The van der Waals surface area contributed by atoms with Crippen molar-refractivity contribution in [1.29, 1.82) is 0 Å². The zero-order valence-electron chi connectivity index (χ0n) is 15.0. The topological polar surface area (TPSA) is 68.6 Å². The molecule has 1 aliphatic heterocycles. The Kier molecular flexibility index (Phi) is 5.38. The van der Waals surface area contributed by atoms with Crippen LogP contribution in [0.4, 0.5) is 4.79 Å². The van der Waals surface area contributed by atoms with Gasteiger partial charge in [-0.05, 0) is 37.8 Å². The molecule has 0 radical (unpaired) electrons. The molecule has 1 fully saturated rings. The standard InChI is InChI=1S/C20H18N2O4S/c1-4-10-21-12-14(15-8-6-7-9-16(15)21)11-17-18(23)22(20(25)27-17)13(3)19(24)26-5-2/h1,6-9,11-13H,5,10H2,2-3H3/b17-11-/t13-/m1/s1. The summed E-state index contributed by atoms with van der Waals surface area (Å²) in [5, 5.41) is 0.442. The normalized spacial score (nSPS) is 16.8.